The summed E-state index contributed by atoms with van der Waals surface area (Å²) in [5.41, 5.74) is 0.442. The minimum Gasteiger partial charge on any atom is -0.488 e. The van der Waals surface area contributed by atoms with E-state index in [4.69, 9.17) is 4.74 Å². The molecule has 17 heavy (non-hydrogen) atoms. The maximum absolute atomic E-state index is 13.6. The molecule has 0 aromatic heterocycles. The van der Waals surface area contributed by atoms with Crippen LogP contribution in [0.3, 0.4) is 0 Å². The standard InChI is InChI=1S/C13H18FNO2/c1-8(2)13(16)15-10-5-6-12(11(14)7-10)17-9(3)4/h5-9H,1-4H3,(H,15,16). The van der Waals surface area contributed by atoms with Gasteiger partial charge in [-0.3, -0.25) is 4.79 Å². The van der Waals surface area contributed by atoms with Crippen molar-refractivity contribution in [1.82, 2.24) is 0 Å². The first-order chi connectivity index (χ1) is 7.90. The number of benzene rings is 1. The Morgan fingerprint density at radius 3 is 2.41 bits per heavy atom. The molecular formula is C13H18FNO2. The predicted molar refractivity (Wildman–Crippen MR) is 65.6 cm³/mol. The van der Waals surface area contributed by atoms with Crippen molar-refractivity contribution < 1.29 is 13.9 Å². The van der Waals surface area contributed by atoms with Gasteiger partial charge in [0.1, 0.15) is 0 Å². The summed E-state index contributed by atoms with van der Waals surface area (Å²) in [4.78, 5) is 11.4. The molecule has 1 rings (SSSR count). The minimum atomic E-state index is -0.472. The van der Waals surface area contributed by atoms with E-state index in [9.17, 15) is 9.18 Å². The number of anilines is 1. The Balaban J connectivity index is 2.78. The maximum Gasteiger partial charge on any atom is 0.226 e. The van der Waals surface area contributed by atoms with E-state index in [1.807, 2.05) is 13.8 Å². The second kappa shape index (κ2) is 5.66. The first-order valence-corrected chi connectivity index (χ1v) is 5.67. The number of ether oxygens (including phenoxy) is 1. The van der Waals surface area contributed by atoms with Crippen LogP contribution in [0.1, 0.15) is 27.7 Å². The van der Waals surface area contributed by atoms with Crippen molar-refractivity contribution in [3.63, 3.8) is 0 Å². The lowest BCUT2D eigenvalue weighted by Crippen LogP contribution is -2.17. The summed E-state index contributed by atoms with van der Waals surface area (Å²) >= 11 is 0. The normalized spacial score (nSPS) is 10.8. The van der Waals surface area contributed by atoms with Gasteiger partial charge >= 0.3 is 0 Å². The van der Waals surface area contributed by atoms with Crippen LogP contribution in [0.15, 0.2) is 18.2 Å². The average molecular weight is 239 g/mol. The quantitative estimate of drug-likeness (QED) is 0.876. The Kier molecular flexibility index (Phi) is 4.49. The summed E-state index contributed by atoms with van der Waals surface area (Å²) in [5.74, 6) is -0.547. The maximum atomic E-state index is 13.6. The lowest BCUT2D eigenvalue weighted by atomic mass is 10.2. The summed E-state index contributed by atoms with van der Waals surface area (Å²) in [7, 11) is 0. The average Bonchev–Trinajstić information content (AvgIpc) is 2.21. The molecule has 1 amide bonds. The van der Waals surface area contributed by atoms with Gasteiger partial charge in [-0.15, -0.1) is 0 Å². The number of amides is 1. The number of hydrogen-bond acceptors (Lipinski definition) is 2. The van der Waals surface area contributed by atoms with Gasteiger partial charge in [0.05, 0.1) is 6.10 Å². The third-order valence-corrected chi connectivity index (χ3v) is 2.09. The number of rotatable bonds is 4. The lowest BCUT2D eigenvalue weighted by molar-refractivity contribution is -0.118. The highest BCUT2D eigenvalue weighted by Gasteiger charge is 2.10. The molecule has 1 aromatic carbocycles. The van der Waals surface area contributed by atoms with Crippen LogP contribution >= 0.6 is 0 Å². The van der Waals surface area contributed by atoms with Crippen molar-refractivity contribution in [1.29, 1.82) is 0 Å². The molecule has 0 bridgehead atoms. The Morgan fingerprint density at radius 2 is 1.94 bits per heavy atom. The van der Waals surface area contributed by atoms with E-state index in [0.29, 0.717) is 5.69 Å². The molecule has 3 nitrogen and oxygen atoms in total. The van der Waals surface area contributed by atoms with Crippen LogP contribution in [0.25, 0.3) is 0 Å². The Bertz CT molecular complexity index is 402. The van der Waals surface area contributed by atoms with Crippen molar-refractivity contribution in [3.8, 4) is 5.75 Å². The number of hydrogen-bond donors (Lipinski definition) is 1. The number of halogens is 1. The van der Waals surface area contributed by atoms with Gasteiger partial charge in [-0.2, -0.15) is 0 Å². The van der Waals surface area contributed by atoms with E-state index in [1.165, 1.54) is 12.1 Å². The van der Waals surface area contributed by atoms with Crippen molar-refractivity contribution in [2.24, 2.45) is 5.92 Å². The van der Waals surface area contributed by atoms with Crippen molar-refractivity contribution in [3.05, 3.63) is 24.0 Å². The molecule has 94 valence electrons. The molecule has 0 aliphatic heterocycles. The summed E-state index contributed by atoms with van der Waals surface area (Å²) < 4.78 is 18.9. The van der Waals surface area contributed by atoms with Gasteiger partial charge < -0.3 is 10.1 Å². The highest BCUT2D eigenvalue weighted by Crippen LogP contribution is 2.22. The zero-order valence-electron chi connectivity index (χ0n) is 10.6. The fourth-order valence-corrected chi connectivity index (χ4v) is 1.21. The van der Waals surface area contributed by atoms with Gasteiger partial charge in [-0.05, 0) is 26.0 Å². The van der Waals surface area contributed by atoms with Crippen LogP contribution in [0.4, 0.5) is 10.1 Å². The molecule has 1 N–H and O–H groups in total. The molecule has 0 fully saturated rings. The monoisotopic (exact) mass is 239 g/mol. The molecule has 0 saturated heterocycles. The van der Waals surface area contributed by atoms with E-state index in [-0.39, 0.29) is 23.7 Å². The van der Waals surface area contributed by atoms with Crippen molar-refractivity contribution in [2.75, 3.05) is 5.32 Å². The number of carbonyl (C=O) groups excluding carboxylic acids is 1. The van der Waals surface area contributed by atoms with E-state index in [0.717, 1.165) is 0 Å². The fraction of sp³-hybridized carbons (Fsp3) is 0.462. The second-order valence-electron chi connectivity index (χ2n) is 4.46. The largest absolute Gasteiger partial charge is 0.488 e. The zero-order valence-corrected chi connectivity index (χ0v) is 10.6. The van der Waals surface area contributed by atoms with E-state index in [1.54, 1.807) is 19.9 Å². The van der Waals surface area contributed by atoms with Gasteiger partial charge in [0, 0.05) is 17.7 Å². The molecular weight excluding hydrogens is 221 g/mol. The van der Waals surface area contributed by atoms with Crippen LogP contribution in [0.2, 0.25) is 0 Å². The highest BCUT2D eigenvalue weighted by atomic mass is 19.1. The van der Waals surface area contributed by atoms with Crippen LogP contribution in [-0.4, -0.2) is 12.0 Å². The second-order valence-corrected chi connectivity index (χ2v) is 4.46. The summed E-state index contributed by atoms with van der Waals surface area (Å²) in [6, 6.07) is 4.41. The van der Waals surface area contributed by atoms with Crippen LogP contribution in [0, 0.1) is 11.7 Å². The minimum absolute atomic E-state index is 0.0828. The molecule has 1 aromatic rings. The third kappa shape index (κ3) is 4.06. The SMILES string of the molecule is CC(C)Oc1ccc(NC(=O)C(C)C)cc1F. The Morgan fingerprint density at radius 1 is 1.29 bits per heavy atom. The van der Waals surface area contributed by atoms with Crippen LogP contribution < -0.4 is 10.1 Å². The van der Waals surface area contributed by atoms with Gasteiger partial charge in [0.25, 0.3) is 0 Å². The lowest BCUT2D eigenvalue weighted by Gasteiger charge is -2.12. The predicted octanol–water partition coefficient (Wildman–Crippen LogP) is 3.21. The molecule has 0 aliphatic carbocycles. The molecule has 0 spiro atoms. The van der Waals surface area contributed by atoms with Gasteiger partial charge in [0.2, 0.25) is 5.91 Å². The number of nitrogens with one attached hydrogen (secondary N) is 1. The van der Waals surface area contributed by atoms with Crippen LogP contribution in [0.5, 0.6) is 5.75 Å². The van der Waals surface area contributed by atoms with Gasteiger partial charge in [0.15, 0.2) is 11.6 Å². The first kappa shape index (κ1) is 13.5. The molecule has 0 saturated carbocycles. The smallest absolute Gasteiger partial charge is 0.226 e. The third-order valence-electron chi connectivity index (χ3n) is 2.09. The van der Waals surface area contributed by atoms with E-state index in [2.05, 4.69) is 5.32 Å². The molecule has 4 heteroatoms. The van der Waals surface area contributed by atoms with Crippen molar-refractivity contribution in [2.45, 2.75) is 33.8 Å². The topological polar surface area (TPSA) is 38.3 Å². The van der Waals surface area contributed by atoms with Crippen LogP contribution in [-0.2, 0) is 4.79 Å². The van der Waals surface area contributed by atoms with Crippen molar-refractivity contribution >= 4 is 11.6 Å². The zero-order chi connectivity index (χ0) is 13.0. The Labute approximate surface area is 101 Å². The Hall–Kier alpha value is -1.58. The molecule has 0 atom stereocenters. The fourth-order valence-electron chi connectivity index (χ4n) is 1.21. The van der Waals surface area contributed by atoms with Gasteiger partial charge in [-0.25, -0.2) is 4.39 Å². The summed E-state index contributed by atoms with van der Waals surface area (Å²) in [5, 5.41) is 2.63. The number of carbonyl (C=O) groups is 1. The highest BCUT2D eigenvalue weighted by molar-refractivity contribution is 5.92. The van der Waals surface area contributed by atoms with Gasteiger partial charge in [-0.1, -0.05) is 13.8 Å². The first-order valence-electron chi connectivity index (χ1n) is 5.67. The molecule has 0 aliphatic rings. The van der Waals surface area contributed by atoms with E-state index < -0.39 is 5.82 Å². The molecule has 0 radical (unpaired) electrons. The molecule has 0 unspecified atom stereocenters. The van der Waals surface area contributed by atoms with E-state index >= 15 is 0 Å². The summed E-state index contributed by atoms with van der Waals surface area (Å²) in [6.07, 6.45) is -0.0828. The molecule has 0 heterocycles. The summed E-state index contributed by atoms with van der Waals surface area (Å²) in [6.45, 7) is 7.21.